The third kappa shape index (κ3) is 3.26. The first kappa shape index (κ1) is 14.6. The van der Waals surface area contributed by atoms with Gasteiger partial charge in [-0.05, 0) is 19.8 Å². The molecule has 8 heteroatoms. The maximum atomic E-state index is 11.9. The molecule has 2 aromatic heterocycles. The number of nitrogens with one attached hydrogen (secondary N) is 2. The Kier molecular flexibility index (Phi) is 4.36. The number of fused-ring (bicyclic) bond motifs is 1. The minimum absolute atomic E-state index is 0.262. The third-order valence-corrected chi connectivity index (χ3v) is 3.81. The van der Waals surface area contributed by atoms with E-state index in [1.165, 1.54) is 6.42 Å². The fraction of sp³-hybridized carbons (Fsp3) is 0.571. The number of aryl methyl sites for hydroxylation is 2. The zero-order valence-electron chi connectivity index (χ0n) is 12.7. The molecule has 8 nitrogen and oxygen atoms in total. The van der Waals surface area contributed by atoms with Gasteiger partial charge in [-0.15, -0.1) is 10.2 Å². The highest BCUT2D eigenvalue weighted by atomic mass is 16.2. The molecule has 0 saturated heterocycles. The second-order valence-corrected chi connectivity index (χ2v) is 5.39. The lowest BCUT2D eigenvalue weighted by Crippen LogP contribution is -2.29. The van der Waals surface area contributed by atoms with Gasteiger partial charge in [0, 0.05) is 25.7 Å². The summed E-state index contributed by atoms with van der Waals surface area (Å²) in [6.07, 6.45) is 7.91. The summed E-state index contributed by atoms with van der Waals surface area (Å²) in [5.74, 6) is 1.84. The molecule has 0 spiro atoms. The van der Waals surface area contributed by atoms with E-state index in [0.29, 0.717) is 12.2 Å². The van der Waals surface area contributed by atoms with Gasteiger partial charge in [0.25, 0.3) is 0 Å². The maximum Gasteiger partial charge on any atom is 0.319 e. The molecular formula is C14H21N7O. The van der Waals surface area contributed by atoms with E-state index in [2.05, 4.69) is 30.5 Å². The fourth-order valence-electron chi connectivity index (χ4n) is 2.61. The number of carbonyl (C=O) groups is 1. The lowest BCUT2D eigenvalue weighted by atomic mass is 10.2. The van der Waals surface area contributed by atoms with Crippen LogP contribution in [0, 0.1) is 0 Å². The summed E-state index contributed by atoms with van der Waals surface area (Å²) in [6.45, 7) is 4.08. The van der Waals surface area contributed by atoms with Crippen LogP contribution in [0.25, 0.3) is 0 Å². The molecule has 2 aromatic rings. The van der Waals surface area contributed by atoms with E-state index in [4.69, 9.17) is 0 Å². The van der Waals surface area contributed by atoms with Crippen LogP contribution in [0.15, 0.2) is 12.4 Å². The Hall–Kier alpha value is -2.38. The van der Waals surface area contributed by atoms with Crippen LogP contribution in [0.5, 0.6) is 0 Å². The predicted octanol–water partition coefficient (Wildman–Crippen LogP) is 1.54. The standard InChI is InChI=1S/C14H21N7O/c1-2-20-10-11(8-16-20)17-14(22)15-9-13-19-18-12-6-4-3-5-7-21(12)13/h8,10H,2-7,9H2,1H3,(H2,15,17,22). The van der Waals surface area contributed by atoms with Crippen molar-refractivity contribution in [3.05, 3.63) is 24.0 Å². The highest BCUT2D eigenvalue weighted by Crippen LogP contribution is 2.14. The van der Waals surface area contributed by atoms with Crippen LogP contribution in [0.1, 0.15) is 37.8 Å². The van der Waals surface area contributed by atoms with Crippen molar-refractivity contribution in [3.63, 3.8) is 0 Å². The topological polar surface area (TPSA) is 89.7 Å². The number of hydrogen-bond acceptors (Lipinski definition) is 4. The zero-order chi connectivity index (χ0) is 15.4. The van der Waals surface area contributed by atoms with Gasteiger partial charge in [-0.1, -0.05) is 6.42 Å². The molecule has 0 fully saturated rings. The quantitative estimate of drug-likeness (QED) is 0.896. The second kappa shape index (κ2) is 6.59. The summed E-state index contributed by atoms with van der Waals surface area (Å²) in [6, 6.07) is -0.262. The van der Waals surface area contributed by atoms with Crippen LogP contribution in [0.3, 0.4) is 0 Å². The Morgan fingerprint density at radius 3 is 3.05 bits per heavy atom. The molecule has 118 valence electrons. The van der Waals surface area contributed by atoms with Gasteiger partial charge in [0.1, 0.15) is 5.82 Å². The summed E-state index contributed by atoms with van der Waals surface area (Å²) in [5.41, 5.74) is 0.680. The minimum atomic E-state index is -0.262. The largest absolute Gasteiger partial charge is 0.331 e. The van der Waals surface area contributed by atoms with Crippen LogP contribution in [-0.4, -0.2) is 30.6 Å². The first-order chi connectivity index (χ1) is 10.8. The zero-order valence-corrected chi connectivity index (χ0v) is 12.7. The van der Waals surface area contributed by atoms with E-state index in [0.717, 1.165) is 44.0 Å². The number of anilines is 1. The predicted molar refractivity (Wildman–Crippen MR) is 81.3 cm³/mol. The SMILES string of the molecule is CCn1cc(NC(=O)NCc2nnc3n2CCCCC3)cn1. The van der Waals surface area contributed by atoms with Gasteiger partial charge in [0.2, 0.25) is 0 Å². The third-order valence-electron chi connectivity index (χ3n) is 3.81. The molecule has 0 bridgehead atoms. The van der Waals surface area contributed by atoms with E-state index in [1.807, 2.05) is 6.92 Å². The average Bonchev–Trinajstić information content (AvgIpc) is 3.05. The van der Waals surface area contributed by atoms with Gasteiger partial charge in [-0.25, -0.2) is 4.79 Å². The van der Waals surface area contributed by atoms with Gasteiger partial charge in [-0.3, -0.25) is 4.68 Å². The minimum Gasteiger partial charge on any atom is -0.331 e. The summed E-state index contributed by atoms with van der Waals surface area (Å²) >= 11 is 0. The smallest absolute Gasteiger partial charge is 0.319 e. The van der Waals surface area contributed by atoms with Gasteiger partial charge in [-0.2, -0.15) is 5.10 Å². The van der Waals surface area contributed by atoms with Crippen molar-refractivity contribution in [3.8, 4) is 0 Å². The summed E-state index contributed by atoms with van der Waals surface area (Å²) in [4.78, 5) is 11.9. The lowest BCUT2D eigenvalue weighted by Gasteiger charge is -2.08. The summed E-state index contributed by atoms with van der Waals surface area (Å²) in [7, 11) is 0. The van der Waals surface area contributed by atoms with Crippen molar-refractivity contribution in [2.75, 3.05) is 5.32 Å². The first-order valence-electron chi connectivity index (χ1n) is 7.74. The lowest BCUT2D eigenvalue weighted by molar-refractivity contribution is 0.251. The fourth-order valence-corrected chi connectivity index (χ4v) is 2.61. The molecule has 0 aliphatic carbocycles. The molecule has 0 radical (unpaired) electrons. The van der Waals surface area contributed by atoms with E-state index in [9.17, 15) is 4.79 Å². The molecule has 3 heterocycles. The molecule has 0 unspecified atom stereocenters. The van der Waals surface area contributed by atoms with Gasteiger partial charge >= 0.3 is 6.03 Å². The van der Waals surface area contributed by atoms with Crippen LogP contribution in [0.4, 0.5) is 10.5 Å². The van der Waals surface area contributed by atoms with Crippen LogP contribution in [0.2, 0.25) is 0 Å². The molecule has 3 rings (SSSR count). The number of aromatic nitrogens is 5. The van der Waals surface area contributed by atoms with Crippen LogP contribution >= 0.6 is 0 Å². The molecule has 1 aliphatic heterocycles. The van der Waals surface area contributed by atoms with Crippen molar-refractivity contribution in [1.29, 1.82) is 0 Å². The molecule has 0 aromatic carbocycles. The maximum absolute atomic E-state index is 11.9. The number of rotatable bonds is 4. The number of amides is 2. The molecule has 1 aliphatic rings. The molecular weight excluding hydrogens is 282 g/mol. The monoisotopic (exact) mass is 303 g/mol. The van der Waals surface area contributed by atoms with E-state index >= 15 is 0 Å². The highest BCUT2D eigenvalue weighted by Gasteiger charge is 2.15. The molecule has 2 amide bonds. The normalized spacial score (nSPS) is 14.2. The van der Waals surface area contributed by atoms with Gasteiger partial charge in [0.05, 0.1) is 18.4 Å². The Balaban J connectivity index is 1.56. The molecule has 2 N–H and O–H groups in total. The van der Waals surface area contributed by atoms with Crippen molar-refractivity contribution in [2.24, 2.45) is 0 Å². The number of hydrogen-bond donors (Lipinski definition) is 2. The van der Waals surface area contributed by atoms with Crippen molar-refractivity contribution in [1.82, 2.24) is 29.9 Å². The first-order valence-corrected chi connectivity index (χ1v) is 7.74. The summed E-state index contributed by atoms with van der Waals surface area (Å²) in [5, 5.41) is 18.1. The Morgan fingerprint density at radius 1 is 1.32 bits per heavy atom. The van der Waals surface area contributed by atoms with E-state index in [1.54, 1.807) is 17.1 Å². The summed E-state index contributed by atoms with van der Waals surface area (Å²) < 4.78 is 3.89. The number of nitrogens with zero attached hydrogens (tertiary/aromatic N) is 5. The molecule has 0 atom stereocenters. The Bertz CT molecular complexity index is 645. The Morgan fingerprint density at radius 2 is 2.23 bits per heavy atom. The highest BCUT2D eigenvalue weighted by molar-refractivity contribution is 5.88. The number of carbonyl (C=O) groups excluding carboxylic acids is 1. The second-order valence-electron chi connectivity index (χ2n) is 5.39. The number of urea groups is 1. The molecule has 22 heavy (non-hydrogen) atoms. The average molecular weight is 303 g/mol. The van der Waals surface area contributed by atoms with Crippen LogP contribution in [-0.2, 0) is 26.1 Å². The van der Waals surface area contributed by atoms with Crippen LogP contribution < -0.4 is 10.6 Å². The molecule has 0 saturated carbocycles. The van der Waals surface area contributed by atoms with Gasteiger partial charge < -0.3 is 15.2 Å². The van der Waals surface area contributed by atoms with Crippen molar-refractivity contribution in [2.45, 2.75) is 52.2 Å². The van der Waals surface area contributed by atoms with Crippen molar-refractivity contribution >= 4 is 11.7 Å². The van der Waals surface area contributed by atoms with E-state index in [-0.39, 0.29) is 6.03 Å². The van der Waals surface area contributed by atoms with Crippen molar-refractivity contribution < 1.29 is 4.79 Å². The van der Waals surface area contributed by atoms with E-state index < -0.39 is 0 Å². The van der Waals surface area contributed by atoms with Gasteiger partial charge in [0.15, 0.2) is 5.82 Å². The Labute approximate surface area is 128 Å².